The molecule has 224 valence electrons. The van der Waals surface area contributed by atoms with E-state index in [2.05, 4.69) is 9.30 Å². The molecule has 2 heterocycles. The Morgan fingerprint density at radius 1 is 0.762 bits per heavy atom. The van der Waals surface area contributed by atoms with Gasteiger partial charge >= 0.3 is 0 Å². The van der Waals surface area contributed by atoms with Crippen LogP contribution in [0.1, 0.15) is 42.1 Å². The van der Waals surface area contributed by atoms with Crippen molar-refractivity contribution < 1.29 is 21.6 Å². The molecule has 2 fully saturated rings. The van der Waals surface area contributed by atoms with E-state index in [-0.39, 0.29) is 16.3 Å². The van der Waals surface area contributed by atoms with Crippen LogP contribution in [0.2, 0.25) is 0 Å². The number of rotatable bonds is 8. The van der Waals surface area contributed by atoms with Crippen molar-refractivity contribution in [2.24, 2.45) is 4.40 Å². The first-order chi connectivity index (χ1) is 20.1. The summed E-state index contributed by atoms with van der Waals surface area (Å²) in [5.41, 5.74) is 2.61. The molecule has 5 rings (SSSR count). The standard InChI is InChI=1S/C31H38N4O5S2/c1-24-7-15-28(16-8-24)41(36,37)32-30(23-33-19-4-5-20-33)34-21-6-22-35(31(34)26-11-13-27(40-3)14-12-26)42(38,39)29-17-9-25(2)10-18-29/h7-18,31H,4-6,19-23H2,1-3H3/b32-30-/t31-/m0/s1. The molecule has 0 unspecified atom stereocenters. The maximum Gasteiger partial charge on any atom is 0.283 e. The summed E-state index contributed by atoms with van der Waals surface area (Å²) in [4.78, 5) is 4.34. The van der Waals surface area contributed by atoms with Crippen molar-refractivity contribution in [3.05, 3.63) is 89.5 Å². The van der Waals surface area contributed by atoms with Crippen LogP contribution in [0.25, 0.3) is 0 Å². The normalized spacial score (nSPS) is 19.3. The van der Waals surface area contributed by atoms with Crippen LogP contribution in [-0.2, 0) is 20.0 Å². The molecule has 0 aliphatic carbocycles. The molecule has 42 heavy (non-hydrogen) atoms. The van der Waals surface area contributed by atoms with Gasteiger partial charge in [-0.2, -0.15) is 12.7 Å². The Hall–Kier alpha value is -3.25. The molecule has 0 amide bonds. The summed E-state index contributed by atoms with van der Waals surface area (Å²) in [5.74, 6) is 0.976. The minimum Gasteiger partial charge on any atom is -0.497 e. The topological polar surface area (TPSA) is 99.6 Å². The minimum atomic E-state index is -4.06. The third kappa shape index (κ3) is 6.54. The van der Waals surface area contributed by atoms with E-state index in [1.54, 1.807) is 67.8 Å². The molecule has 3 aromatic rings. The number of amidine groups is 1. The summed E-state index contributed by atoms with van der Waals surface area (Å²) >= 11 is 0. The largest absolute Gasteiger partial charge is 0.497 e. The van der Waals surface area contributed by atoms with E-state index >= 15 is 0 Å². The molecule has 0 radical (unpaired) electrons. The number of sulfonamides is 2. The van der Waals surface area contributed by atoms with Gasteiger partial charge in [-0.05, 0) is 88.2 Å². The van der Waals surface area contributed by atoms with Gasteiger partial charge in [0.15, 0.2) is 0 Å². The predicted octanol–water partition coefficient (Wildman–Crippen LogP) is 4.59. The van der Waals surface area contributed by atoms with Crippen LogP contribution in [0.4, 0.5) is 0 Å². The highest BCUT2D eigenvalue weighted by molar-refractivity contribution is 7.90. The van der Waals surface area contributed by atoms with Crippen LogP contribution in [0.15, 0.2) is 87.0 Å². The fourth-order valence-corrected chi connectivity index (χ4v) is 8.15. The highest BCUT2D eigenvalue weighted by Crippen LogP contribution is 2.36. The summed E-state index contributed by atoms with van der Waals surface area (Å²) in [6.45, 7) is 6.50. The van der Waals surface area contributed by atoms with Gasteiger partial charge in [-0.3, -0.25) is 4.90 Å². The first-order valence-electron chi connectivity index (χ1n) is 14.2. The van der Waals surface area contributed by atoms with Gasteiger partial charge in [0.05, 0.1) is 23.4 Å². The van der Waals surface area contributed by atoms with Crippen molar-refractivity contribution >= 4 is 25.9 Å². The third-order valence-electron chi connectivity index (χ3n) is 7.83. The Kier molecular flexibility index (Phi) is 9.03. The SMILES string of the molecule is COc1ccc([C@H]2N(/C(CN3CCCC3)=N\S(=O)(=O)c3ccc(C)cc3)CCCN2S(=O)(=O)c2ccc(C)cc2)cc1. The van der Waals surface area contributed by atoms with Crippen molar-refractivity contribution in [3.63, 3.8) is 0 Å². The number of benzene rings is 3. The van der Waals surface area contributed by atoms with Crippen molar-refractivity contribution in [2.75, 3.05) is 39.8 Å². The first-order valence-corrected chi connectivity index (χ1v) is 17.1. The number of aryl methyl sites for hydroxylation is 2. The highest BCUT2D eigenvalue weighted by Gasteiger charge is 2.41. The lowest BCUT2D eigenvalue weighted by molar-refractivity contribution is 0.120. The summed E-state index contributed by atoms with van der Waals surface area (Å²) < 4.78 is 66.9. The third-order valence-corrected chi connectivity index (χ3v) is 11.0. The van der Waals surface area contributed by atoms with Crippen LogP contribution in [0.3, 0.4) is 0 Å². The Bertz CT molecular complexity index is 1620. The Balaban J connectivity index is 1.64. The zero-order valence-electron chi connectivity index (χ0n) is 24.3. The zero-order chi connectivity index (χ0) is 29.9. The molecule has 0 N–H and O–H groups in total. The number of hydrogen-bond acceptors (Lipinski definition) is 6. The summed E-state index contributed by atoms with van der Waals surface area (Å²) in [7, 11) is -6.43. The monoisotopic (exact) mass is 610 g/mol. The first kappa shape index (κ1) is 30.2. The van der Waals surface area contributed by atoms with Crippen molar-refractivity contribution in [1.29, 1.82) is 0 Å². The second-order valence-electron chi connectivity index (χ2n) is 10.9. The van der Waals surface area contributed by atoms with E-state index in [0.717, 1.165) is 37.1 Å². The van der Waals surface area contributed by atoms with Crippen molar-refractivity contribution in [2.45, 2.75) is 49.1 Å². The summed E-state index contributed by atoms with van der Waals surface area (Å²) in [6, 6.07) is 20.7. The molecule has 0 aromatic heterocycles. The Morgan fingerprint density at radius 3 is 1.90 bits per heavy atom. The van der Waals surface area contributed by atoms with E-state index in [4.69, 9.17) is 4.74 Å². The van der Waals surface area contributed by atoms with Gasteiger partial charge in [0.1, 0.15) is 17.8 Å². The molecule has 2 saturated heterocycles. The van der Waals surface area contributed by atoms with Gasteiger partial charge in [0, 0.05) is 13.1 Å². The number of likely N-dealkylation sites (tertiary alicyclic amines) is 1. The molecular formula is C31H38N4O5S2. The number of hydrogen-bond donors (Lipinski definition) is 0. The second kappa shape index (κ2) is 12.5. The lowest BCUT2D eigenvalue weighted by atomic mass is 10.1. The average molecular weight is 611 g/mol. The van der Waals surface area contributed by atoms with E-state index in [9.17, 15) is 16.8 Å². The van der Waals surface area contributed by atoms with E-state index in [0.29, 0.717) is 36.7 Å². The van der Waals surface area contributed by atoms with Gasteiger partial charge in [-0.15, -0.1) is 4.40 Å². The maximum atomic E-state index is 14.2. The fourth-order valence-electron chi connectivity index (χ4n) is 5.50. The van der Waals surface area contributed by atoms with Gasteiger partial charge < -0.3 is 9.64 Å². The van der Waals surface area contributed by atoms with Gasteiger partial charge in [-0.25, -0.2) is 8.42 Å². The Morgan fingerprint density at radius 2 is 1.33 bits per heavy atom. The smallest absolute Gasteiger partial charge is 0.283 e. The van der Waals surface area contributed by atoms with Crippen LogP contribution >= 0.6 is 0 Å². The quantitative estimate of drug-likeness (QED) is 0.272. The highest BCUT2D eigenvalue weighted by atomic mass is 32.2. The fraction of sp³-hybridized carbons (Fsp3) is 0.387. The minimum absolute atomic E-state index is 0.106. The van der Waals surface area contributed by atoms with Gasteiger partial charge in [0.25, 0.3) is 10.0 Å². The second-order valence-corrected chi connectivity index (χ2v) is 14.4. The molecule has 2 aliphatic rings. The molecule has 1 atom stereocenters. The molecule has 3 aromatic carbocycles. The van der Waals surface area contributed by atoms with E-state index in [1.807, 2.05) is 30.9 Å². The number of methoxy groups -OCH3 is 1. The lowest BCUT2D eigenvalue weighted by Crippen LogP contribution is -2.54. The lowest BCUT2D eigenvalue weighted by Gasteiger charge is -2.45. The molecule has 11 heteroatoms. The number of nitrogens with zero attached hydrogens (tertiary/aromatic N) is 4. The number of ether oxygens (including phenoxy) is 1. The molecule has 9 nitrogen and oxygen atoms in total. The van der Waals surface area contributed by atoms with E-state index < -0.39 is 26.2 Å². The van der Waals surface area contributed by atoms with Gasteiger partial charge in [-0.1, -0.05) is 47.5 Å². The predicted molar refractivity (Wildman–Crippen MR) is 164 cm³/mol. The molecule has 0 spiro atoms. The maximum absolute atomic E-state index is 14.2. The van der Waals surface area contributed by atoms with Crippen LogP contribution in [0, 0.1) is 13.8 Å². The molecule has 0 saturated carbocycles. The van der Waals surface area contributed by atoms with Crippen molar-refractivity contribution in [3.8, 4) is 5.75 Å². The van der Waals surface area contributed by atoms with E-state index in [1.165, 1.54) is 4.31 Å². The Labute approximate surface area is 249 Å². The van der Waals surface area contributed by atoms with Gasteiger partial charge in [0.2, 0.25) is 10.0 Å². The van der Waals surface area contributed by atoms with Crippen molar-refractivity contribution in [1.82, 2.24) is 14.1 Å². The zero-order valence-corrected chi connectivity index (χ0v) is 25.9. The molecule has 2 aliphatic heterocycles. The molecule has 0 bridgehead atoms. The molecular weight excluding hydrogens is 572 g/mol. The summed E-state index contributed by atoms with van der Waals surface area (Å²) in [6.07, 6.45) is 1.76. The average Bonchev–Trinajstić information content (AvgIpc) is 3.50. The van der Waals surface area contributed by atoms with Crippen LogP contribution < -0.4 is 4.74 Å². The van der Waals surface area contributed by atoms with Crippen LogP contribution in [-0.4, -0.2) is 76.6 Å². The van der Waals surface area contributed by atoms with Crippen LogP contribution in [0.5, 0.6) is 5.75 Å². The summed E-state index contributed by atoms with van der Waals surface area (Å²) in [5, 5.41) is 0.